The zero-order valence-corrected chi connectivity index (χ0v) is 17.1. The molecule has 0 unspecified atom stereocenters. The monoisotopic (exact) mass is 413 g/mol. The maximum absolute atomic E-state index is 12.6. The molecular formula is C25H23N3O3. The van der Waals surface area contributed by atoms with Gasteiger partial charge in [0.25, 0.3) is 0 Å². The van der Waals surface area contributed by atoms with Gasteiger partial charge in [-0.05, 0) is 66.1 Å². The Labute approximate surface area is 180 Å². The van der Waals surface area contributed by atoms with Gasteiger partial charge in [-0.1, -0.05) is 24.3 Å². The topological polar surface area (TPSA) is 97.2 Å². The van der Waals surface area contributed by atoms with Gasteiger partial charge in [0.15, 0.2) is 0 Å². The smallest absolute Gasteiger partial charge is 0.248 e. The number of methoxy groups -OCH3 is 1. The Morgan fingerprint density at radius 3 is 2.52 bits per heavy atom. The van der Waals surface area contributed by atoms with E-state index in [1.165, 1.54) is 0 Å². The summed E-state index contributed by atoms with van der Waals surface area (Å²) in [5.74, 6) is 0.130. The predicted molar refractivity (Wildman–Crippen MR) is 122 cm³/mol. The molecule has 4 N–H and O–H groups in total. The van der Waals surface area contributed by atoms with E-state index < -0.39 is 5.91 Å². The first-order chi connectivity index (χ1) is 15.0. The number of amides is 2. The lowest BCUT2D eigenvalue weighted by molar-refractivity contribution is -0.116. The number of hydrogen-bond donors (Lipinski definition) is 3. The molecule has 0 saturated heterocycles. The lowest BCUT2D eigenvalue weighted by Crippen LogP contribution is -2.14. The van der Waals surface area contributed by atoms with Crippen LogP contribution in [-0.2, 0) is 11.2 Å². The number of nitrogens with two attached hydrogens (primary N) is 1. The van der Waals surface area contributed by atoms with Crippen LogP contribution in [0.2, 0.25) is 0 Å². The van der Waals surface area contributed by atoms with Crippen molar-refractivity contribution in [3.63, 3.8) is 0 Å². The summed E-state index contributed by atoms with van der Waals surface area (Å²) >= 11 is 0. The molecule has 0 spiro atoms. The Balaban J connectivity index is 1.56. The van der Waals surface area contributed by atoms with Crippen molar-refractivity contribution in [3.05, 3.63) is 83.9 Å². The first kappa shape index (κ1) is 20.2. The molecule has 4 rings (SSSR count). The molecule has 0 aliphatic carbocycles. The Kier molecular flexibility index (Phi) is 5.71. The van der Waals surface area contributed by atoms with Gasteiger partial charge in [-0.25, -0.2) is 0 Å². The van der Waals surface area contributed by atoms with Gasteiger partial charge in [-0.15, -0.1) is 0 Å². The Morgan fingerprint density at radius 1 is 1.00 bits per heavy atom. The number of fused-ring (bicyclic) bond motifs is 1. The summed E-state index contributed by atoms with van der Waals surface area (Å²) in [6, 6.07) is 22.5. The van der Waals surface area contributed by atoms with E-state index in [4.69, 9.17) is 10.5 Å². The molecule has 0 saturated carbocycles. The number of nitrogens with one attached hydrogen (secondary N) is 2. The molecule has 6 nitrogen and oxygen atoms in total. The van der Waals surface area contributed by atoms with E-state index in [0.29, 0.717) is 24.1 Å². The van der Waals surface area contributed by atoms with Crippen molar-refractivity contribution in [1.29, 1.82) is 0 Å². The number of aromatic amines is 1. The van der Waals surface area contributed by atoms with E-state index in [0.717, 1.165) is 33.5 Å². The van der Waals surface area contributed by atoms with Crippen LogP contribution in [0.5, 0.6) is 5.75 Å². The highest BCUT2D eigenvalue weighted by molar-refractivity contribution is 5.97. The normalized spacial score (nSPS) is 10.7. The summed E-state index contributed by atoms with van der Waals surface area (Å²) in [4.78, 5) is 27.4. The fourth-order valence-corrected chi connectivity index (χ4v) is 3.68. The summed E-state index contributed by atoms with van der Waals surface area (Å²) in [5.41, 5.74) is 10.4. The Bertz CT molecular complexity index is 1240. The molecule has 0 aliphatic rings. The summed E-state index contributed by atoms with van der Waals surface area (Å²) in [6.07, 6.45) is 0.860. The second-order valence-corrected chi connectivity index (χ2v) is 7.25. The molecular weight excluding hydrogens is 390 g/mol. The fourth-order valence-electron chi connectivity index (χ4n) is 3.68. The van der Waals surface area contributed by atoms with Gasteiger partial charge in [-0.2, -0.15) is 0 Å². The molecule has 0 radical (unpaired) electrons. The van der Waals surface area contributed by atoms with Gasteiger partial charge in [-0.3, -0.25) is 9.59 Å². The van der Waals surface area contributed by atoms with Crippen LogP contribution >= 0.6 is 0 Å². The Hall–Kier alpha value is -4.06. The molecule has 0 atom stereocenters. The minimum atomic E-state index is -0.529. The molecule has 6 heteroatoms. The zero-order valence-electron chi connectivity index (χ0n) is 17.1. The van der Waals surface area contributed by atoms with Gasteiger partial charge < -0.3 is 20.8 Å². The molecule has 4 aromatic rings. The van der Waals surface area contributed by atoms with Crippen molar-refractivity contribution in [2.45, 2.75) is 12.8 Å². The van der Waals surface area contributed by atoms with E-state index in [1.54, 1.807) is 31.4 Å². The van der Waals surface area contributed by atoms with Crippen LogP contribution in [0.3, 0.4) is 0 Å². The number of anilines is 1. The Morgan fingerprint density at radius 2 is 1.77 bits per heavy atom. The molecule has 0 bridgehead atoms. The number of rotatable bonds is 7. The second-order valence-electron chi connectivity index (χ2n) is 7.25. The quantitative estimate of drug-likeness (QED) is 0.416. The number of carbonyl (C=O) groups excluding carboxylic acids is 2. The number of aryl methyl sites for hydroxylation is 1. The summed E-state index contributed by atoms with van der Waals surface area (Å²) in [7, 11) is 1.64. The molecule has 31 heavy (non-hydrogen) atoms. The molecule has 0 fully saturated rings. The SMILES string of the molecule is COc1ccc(-c2[nH]c3ccccc3c2CCC(=O)Nc2cccc(C(N)=O)c2)cc1. The molecule has 0 aliphatic heterocycles. The lowest BCUT2D eigenvalue weighted by atomic mass is 10.0. The third-order valence-corrected chi connectivity index (χ3v) is 5.23. The standard InChI is InChI=1S/C25H23N3O3/c1-31-19-11-9-16(10-12-19)24-21(20-7-2-3-8-22(20)28-24)13-14-23(29)27-18-6-4-5-17(15-18)25(26)30/h2-12,15,28H,13-14H2,1H3,(H2,26,30)(H,27,29). The number of hydrogen-bond acceptors (Lipinski definition) is 3. The van der Waals surface area contributed by atoms with Crippen LogP contribution in [-0.4, -0.2) is 23.9 Å². The van der Waals surface area contributed by atoms with Crippen molar-refractivity contribution in [2.75, 3.05) is 12.4 Å². The molecule has 2 amide bonds. The molecule has 156 valence electrons. The minimum Gasteiger partial charge on any atom is -0.497 e. The number of H-pyrrole nitrogens is 1. The van der Waals surface area contributed by atoms with Crippen LogP contribution in [0.15, 0.2) is 72.8 Å². The van der Waals surface area contributed by atoms with Gasteiger partial charge >= 0.3 is 0 Å². The number of para-hydroxylation sites is 1. The first-order valence-electron chi connectivity index (χ1n) is 9.99. The van der Waals surface area contributed by atoms with E-state index in [9.17, 15) is 9.59 Å². The average molecular weight is 413 g/mol. The van der Waals surface area contributed by atoms with Crippen LogP contribution in [0.4, 0.5) is 5.69 Å². The van der Waals surface area contributed by atoms with Crippen LogP contribution in [0.25, 0.3) is 22.2 Å². The number of carbonyl (C=O) groups is 2. The second kappa shape index (κ2) is 8.75. The van der Waals surface area contributed by atoms with Crippen molar-refractivity contribution < 1.29 is 14.3 Å². The number of aromatic nitrogens is 1. The van der Waals surface area contributed by atoms with Gasteiger partial charge in [0.1, 0.15) is 5.75 Å². The van der Waals surface area contributed by atoms with E-state index in [2.05, 4.69) is 16.4 Å². The maximum atomic E-state index is 12.6. The third kappa shape index (κ3) is 4.43. The molecule has 1 heterocycles. The van der Waals surface area contributed by atoms with Gasteiger partial charge in [0.05, 0.1) is 7.11 Å². The van der Waals surface area contributed by atoms with Crippen molar-refractivity contribution in [2.24, 2.45) is 5.73 Å². The molecule has 1 aromatic heterocycles. The summed E-state index contributed by atoms with van der Waals surface area (Å²) in [6.45, 7) is 0. The lowest BCUT2D eigenvalue weighted by Gasteiger charge is -2.08. The summed E-state index contributed by atoms with van der Waals surface area (Å²) < 4.78 is 5.26. The van der Waals surface area contributed by atoms with Crippen LogP contribution in [0, 0.1) is 0 Å². The van der Waals surface area contributed by atoms with Crippen molar-refractivity contribution in [1.82, 2.24) is 4.98 Å². The van der Waals surface area contributed by atoms with Crippen LogP contribution in [0.1, 0.15) is 22.3 Å². The average Bonchev–Trinajstić information content (AvgIpc) is 3.16. The predicted octanol–water partition coefficient (Wildman–Crippen LogP) is 4.51. The van der Waals surface area contributed by atoms with Gasteiger partial charge in [0, 0.05) is 34.3 Å². The summed E-state index contributed by atoms with van der Waals surface area (Å²) in [5, 5.41) is 3.94. The minimum absolute atomic E-state index is 0.132. The van der Waals surface area contributed by atoms with E-state index >= 15 is 0 Å². The van der Waals surface area contributed by atoms with Gasteiger partial charge in [0.2, 0.25) is 11.8 Å². The van der Waals surface area contributed by atoms with Crippen molar-refractivity contribution in [3.8, 4) is 17.0 Å². The third-order valence-electron chi connectivity index (χ3n) is 5.23. The number of primary amides is 1. The maximum Gasteiger partial charge on any atom is 0.248 e. The van der Waals surface area contributed by atoms with E-state index in [1.807, 2.05) is 42.5 Å². The largest absolute Gasteiger partial charge is 0.497 e. The first-order valence-corrected chi connectivity index (χ1v) is 9.99. The highest BCUT2D eigenvalue weighted by atomic mass is 16.5. The highest BCUT2D eigenvalue weighted by Crippen LogP contribution is 2.32. The van der Waals surface area contributed by atoms with Crippen LogP contribution < -0.4 is 15.8 Å². The number of benzene rings is 3. The fraction of sp³-hybridized carbons (Fsp3) is 0.120. The van der Waals surface area contributed by atoms with E-state index in [-0.39, 0.29) is 5.91 Å². The molecule has 3 aromatic carbocycles. The number of ether oxygens (including phenoxy) is 1. The van der Waals surface area contributed by atoms with Crippen molar-refractivity contribution >= 4 is 28.4 Å². The highest BCUT2D eigenvalue weighted by Gasteiger charge is 2.15. The zero-order chi connectivity index (χ0) is 21.8.